The van der Waals surface area contributed by atoms with E-state index in [4.69, 9.17) is 0 Å². The van der Waals surface area contributed by atoms with E-state index in [-0.39, 0.29) is 6.03 Å². The van der Waals surface area contributed by atoms with E-state index in [1.54, 1.807) is 10.8 Å². The fraction of sp³-hybridized carbons (Fsp3) is 0.429. The second kappa shape index (κ2) is 2.08. The predicted octanol–water partition coefficient (Wildman–Crippen LogP) is 0.305. The summed E-state index contributed by atoms with van der Waals surface area (Å²) in [4.78, 5) is 15.3. The fourth-order valence-corrected chi connectivity index (χ4v) is 1.27. The third kappa shape index (κ3) is 0.906. The van der Waals surface area contributed by atoms with Gasteiger partial charge in [0.25, 0.3) is 0 Å². The molecule has 58 valence electrons. The largest absolute Gasteiger partial charge is 0.337 e. The predicted molar refractivity (Wildman–Crippen MR) is 39.5 cm³/mol. The van der Waals surface area contributed by atoms with Crippen LogP contribution in [0.2, 0.25) is 0 Å². The van der Waals surface area contributed by atoms with Crippen LogP contribution in [0.25, 0.3) is 0 Å². The zero-order valence-electron chi connectivity index (χ0n) is 6.29. The van der Waals surface area contributed by atoms with Crippen LogP contribution >= 0.6 is 0 Å². The van der Waals surface area contributed by atoms with Crippen LogP contribution in [0.5, 0.6) is 0 Å². The van der Waals surface area contributed by atoms with Crippen molar-refractivity contribution < 1.29 is 4.79 Å². The third-order valence-electron chi connectivity index (χ3n) is 1.74. The van der Waals surface area contributed by atoms with Gasteiger partial charge in [0, 0.05) is 19.2 Å². The molecule has 0 atom stereocenters. The van der Waals surface area contributed by atoms with Gasteiger partial charge in [0.2, 0.25) is 0 Å². The van der Waals surface area contributed by atoms with Crippen LogP contribution in [-0.2, 0) is 6.42 Å². The summed E-state index contributed by atoms with van der Waals surface area (Å²) in [5, 5.41) is 2.74. The first kappa shape index (κ1) is 6.39. The van der Waals surface area contributed by atoms with Gasteiger partial charge in [-0.25, -0.2) is 9.78 Å². The highest BCUT2D eigenvalue weighted by Crippen LogP contribution is 2.05. The van der Waals surface area contributed by atoms with Gasteiger partial charge >= 0.3 is 6.03 Å². The average molecular weight is 151 g/mol. The van der Waals surface area contributed by atoms with Gasteiger partial charge in [-0.15, -0.1) is 0 Å². The summed E-state index contributed by atoms with van der Waals surface area (Å²) in [7, 11) is 0. The van der Waals surface area contributed by atoms with Crippen molar-refractivity contribution in [1.82, 2.24) is 14.9 Å². The molecule has 4 heteroatoms. The van der Waals surface area contributed by atoms with E-state index in [9.17, 15) is 4.79 Å². The lowest BCUT2D eigenvalue weighted by molar-refractivity contribution is 0.239. The molecule has 4 nitrogen and oxygen atoms in total. The van der Waals surface area contributed by atoms with E-state index in [0.29, 0.717) is 6.54 Å². The number of nitrogens with zero attached hydrogens (tertiary/aromatic N) is 2. The first-order valence-corrected chi connectivity index (χ1v) is 3.60. The zero-order valence-corrected chi connectivity index (χ0v) is 6.29. The Morgan fingerprint density at radius 2 is 2.55 bits per heavy atom. The lowest BCUT2D eigenvalue weighted by Crippen LogP contribution is -2.36. The number of aromatic nitrogens is 2. The molecule has 0 spiro atoms. The Morgan fingerprint density at radius 1 is 1.73 bits per heavy atom. The van der Waals surface area contributed by atoms with Crippen molar-refractivity contribution in [2.24, 2.45) is 0 Å². The van der Waals surface area contributed by atoms with E-state index >= 15 is 0 Å². The molecule has 0 aromatic carbocycles. The van der Waals surface area contributed by atoms with Gasteiger partial charge in [-0.1, -0.05) is 0 Å². The molecule has 0 bridgehead atoms. The van der Waals surface area contributed by atoms with Gasteiger partial charge in [-0.05, 0) is 6.92 Å². The summed E-state index contributed by atoms with van der Waals surface area (Å²) in [6, 6.07) is -0.0631. The number of rotatable bonds is 0. The molecule has 1 aromatic rings. The fourth-order valence-electron chi connectivity index (χ4n) is 1.27. The number of aryl methyl sites for hydroxylation is 1. The average Bonchev–Trinajstić information content (AvgIpc) is 2.31. The SMILES string of the molecule is Cc1cn2c(n1)CCNC2=O. The molecule has 0 saturated heterocycles. The molecule has 2 heterocycles. The Morgan fingerprint density at radius 3 is 3.27 bits per heavy atom. The van der Waals surface area contributed by atoms with Crippen LogP contribution in [0.3, 0.4) is 0 Å². The quantitative estimate of drug-likeness (QED) is 0.580. The molecule has 0 fully saturated rings. The highest BCUT2D eigenvalue weighted by atomic mass is 16.2. The minimum atomic E-state index is -0.0631. The van der Waals surface area contributed by atoms with E-state index < -0.39 is 0 Å². The summed E-state index contributed by atoms with van der Waals surface area (Å²) in [6.07, 6.45) is 2.59. The molecular formula is C7H9N3O. The molecule has 11 heavy (non-hydrogen) atoms. The van der Waals surface area contributed by atoms with Crippen LogP contribution in [0.15, 0.2) is 6.20 Å². The number of carbonyl (C=O) groups is 1. The molecule has 1 N–H and O–H groups in total. The van der Waals surface area contributed by atoms with Crippen LogP contribution in [-0.4, -0.2) is 22.1 Å². The van der Waals surface area contributed by atoms with Crippen molar-refractivity contribution in [2.45, 2.75) is 13.3 Å². The van der Waals surface area contributed by atoms with Crippen molar-refractivity contribution in [1.29, 1.82) is 0 Å². The number of amides is 1. The standard InChI is InChI=1S/C7H9N3O/c1-5-4-10-6(9-5)2-3-8-7(10)11/h4H,2-3H2,1H3,(H,8,11). The molecule has 0 radical (unpaired) electrons. The Bertz CT molecular complexity index is 303. The van der Waals surface area contributed by atoms with Gasteiger partial charge in [0.15, 0.2) is 0 Å². The van der Waals surface area contributed by atoms with Gasteiger partial charge in [-0.2, -0.15) is 0 Å². The Labute approximate surface area is 64.2 Å². The highest BCUT2D eigenvalue weighted by molar-refractivity contribution is 5.78. The van der Waals surface area contributed by atoms with Crippen molar-refractivity contribution >= 4 is 6.03 Å². The second-order valence-electron chi connectivity index (χ2n) is 2.65. The number of hydrogen-bond donors (Lipinski definition) is 1. The maximum atomic E-state index is 11.1. The molecule has 0 unspecified atom stereocenters. The summed E-state index contributed by atoms with van der Waals surface area (Å²) in [5.74, 6) is 0.867. The first-order valence-electron chi connectivity index (χ1n) is 3.60. The van der Waals surface area contributed by atoms with Gasteiger partial charge in [-0.3, -0.25) is 4.57 Å². The monoisotopic (exact) mass is 151 g/mol. The van der Waals surface area contributed by atoms with E-state index in [1.807, 2.05) is 6.92 Å². The zero-order chi connectivity index (χ0) is 7.84. The summed E-state index contributed by atoms with van der Waals surface area (Å²) in [6.45, 7) is 2.59. The molecular weight excluding hydrogens is 142 g/mol. The summed E-state index contributed by atoms with van der Waals surface area (Å²) >= 11 is 0. The van der Waals surface area contributed by atoms with Crippen LogP contribution < -0.4 is 5.32 Å². The second-order valence-corrected chi connectivity index (χ2v) is 2.65. The molecule has 2 rings (SSSR count). The number of fused-ring (bicyclic) bond motifs is 1. The van der Waals surface area contributed by atoms with Crippen molar-refractivity contribution in [3.63, 3.8) is 0 Å². The number of carbonyl (C=O) groups excluding carboxylic acids is 1. The molecule has 1 aliphatic heterocycles. The Kier molecular flexibility index (Phi) is 1.21. The Balaban J connectivity index is 2.52. The molecule has 0 aliphatic carbocycles. The van der Waals surface area contributed by atoms with E-state index in [2.05, 4.69) is 10.3 Å². The van der Waals surface area contributed by atoms with Crippen molar-refractivity contribution in [3.05, 3.63) is 17.7 Å². The molecule has 0 saturated carbocycles. The normalized spacial score (nSPS) is 15.9. The lowest BCUT2D eigenvalue weighted by Gasteiger charge is -2.12. The third-order valence-corrected chi connectivity index (χ3v) is 1.74. The highest BCUT2D eigenvalue weighted by Gasteiger charge is 2.16. The summed E-state index contributed by atoms with van der Waals surface area (Å²) < 4.78 is 1.57. The Hall–Kier alpha value is -1.32. The van der Waals surface area contributed by atoms with Gasteiger partial charge in [0.05, 0.1) is 5.69 Å². The minimum Gasteiger partial charge on any atom is -0.337 e. The van der Waals surface area contributed by atoms with Crippen LogP contribution in [0.4, 0.5) is 4.79 Å². The maximum absolute atomic E-state index is 11.1. The topological polar surface area (TPSA) is 46.9 Å². The molecule has 1 aliphatic rings. The molecule has 1 aromatic heterocycles. The molecule has 1 amide bonds. The van der Waals surface area contributed by atoms with Gasteiger partial charge < -0.3 is 5.32 Å². The number of hydrogen-bond acceptors (Lipinski definition) is 2. The number of nitrogens with one attached hydrogen (secondary N) is 1. The smallest absolute Gasteiger partial charge is 0.327 e. The van der Waals surface area contributed by atoms with E-state index in [1.165, 1.54) is 0 Å². The summed E-state index contributed by atoms with van der Waals surface area (Å²) in [5.41, 5.74) is 0.900. The van der Waals surface area contributed by atoms with E-state index in [0.717, 1.165) is 17.9 Å². The first-order chi connectivity index (χ1) is 5.27. The van der Waals surface area contributed by atoms with Gasteiger partial charge in [0.1, 0.15) is 5.82 Å². The number of imidazole rings is 1. The van der Waals surface area contributed by atoms with Crippen LogP contribution in [0, 0.1) is 6.92 Å². The maximum Gasteiger partial charge on any atom is 0.327 e. The van der Waals surface area contributed by atoms with Crippen molar-refractivity contribution in [2.75, 3.05) is 6.54 Å². The lowest BCUT2D eigenvalue weighted by atomic mass is 10.3. The van der Waals surface area contributed by atoms with Crippen molar-refractivity contribution in [3.8, 4) is 0 Å². The minimum absolute atomic E-state index is 0.0631. The van der Waals surface area contributed by atoms with Crippen LogP contribution in [0.1, 0.15) is 11.5 Å².